The number of para-hydroxylation sites is 1. The number of esters is 1. The zero-order valence-corrected chi connectivity index (χ0v) is 17.1. The van der Waals surface area contributed by atoms with E-state index < -0.39 is 17.8 Å². The summed E-state index contributed by atoms with van der Waals surface area (Å²) in [5.74, 6) is -1.07. The normalized spacial score (nSPS) is 16.8. The summed E-state index contributed by atoms with van der Waals surface area (Å²) in [7, 11) is 1.30. The highest BCUT2D eigenvalue weighted by Crippen LogP contribution is 2.39. The number of anilines is 1. The van der Waals surface area contributed by atoms with Crippen LogP contribution in [-0.2, 0) is 9.53 Å². The maximum Gasteiger partial charge on any atom is 0.338 e. The maximum absolute atomic E-state index is 14.7. The van der Waals surface area contributed by atoms with Gasteiger partial charge in [0.15, 0.2) is 5.11 Å². The fourth-order valence-electron chi connectivity index (χ4n) is 3.35. The fraction of sp³-hybridized carbons (Fsp3) is 0.238. The lowest BCUT2D eigenvalue weighted by Crippen LogP contribution is -2.49. The Bertz CT molecular complexity index is 913. The molecular formula is C21H20ClFN2O2S. The van der Waals surface area contributed by atoms with Crippen LogP contribution in [0.15, 0.2) is 59.8 Å². The van der Waals surface area contributed by atoms with Crippen LogP contribution in [-0.4, -0.2) is 18.2 Å². The largest absolute Gasteiger partial charge is 0.466 e. The van der Waals surface area contributed by atoms with Crippen molar-refractivity contribution < 1.29 is 13.9 Å². The van der Waals surface area contributed by atoms with Crippen LogP contribution in [0.2, 0.25) is 5.02 Å². The summed E-state index contributed by atoms with van der Waals surface area (Å²) in [6.07, 6.45) is 1.32. The number of halogens is 2. The molecule has 0 aromatic heterocycles. The van der Waals surface area contributed by atoms with Crippen LogP contribution in [0, 0.1) is 5.82 Å². The van der Waals surface area contributed by atoms with Gasteiger partial charge in [0, 0.05) is 22.0 Å². The minimum absolute atomic E-state index is 0.174. The van der Waals surface area contributed by atoms with E-state index in [0.29, 0.717) is 22.8 Å². The van der Waals surface area contributed by atoms with E-state index in [1.54, 1.807) is 11.0 Å². The quantitative estimate of drug-likeness (QED) is 0.537. The molecule has 146 valence electrons. The van der Waals surface area contributed by atoms with Crippen molar-refractivity contribution in [2.24, 2.45) is 0 Å². The molecule has 3 rings (SSSR count). The molecular weight excluding hydrogens is 399 g/mol. The van der Waals surface area contributed by atoms with Gasteiger partial charge in [-0.25, -0.2) is 9.18 Å². The van der Waals surface area contributed by atoms with Gasteiger partial charge >= 0.3 is 5.97 Å². The standard InChI is InChI=1S/C21H20ClFN2O2S/c1-3-8-16-18(20(26)27-2)19(17-14(22)11-7-12-15(17)23)24-21(28)25(16)13-9-5-4-6-10-13/h4-7,9-12,19H,3,8H2,1-2H3,(H,24,28)/t19-/m1/s1. The van der Waals surface area contributed by atoms with E-state index in [9.17, 15) is 9.18 Å². The van der Waals surface area contributed by atoms with Crippen molar-refractivity contribution in [2.45, 2.75) is 25.8 Å². The van der Waals surface area contributed by atoms with Crippen LogP contribution < -0.4 is 10.2 Å². The van der Waals surface area contributed by atoms with Crippen molar-refractivity contribution in [3.05, 3.63) is 76.2 Å². The first-order chi connectivity index (χ1) is 13.5. The molecule has 0 unspecified atom stereocenters. The Hall–Kier alpha value is -2.44. The predicted molar refractivity (Wildman–Crippen MR) is 113 cm³/mol. The van der Waals surface area contributed by atoms with E-state index in [-0.39, 0.29) is 10.6 Å². The molecule has 0 aliphatic carbocycles. The van der Waals surface area contributed by atoms with Crippen LogP contribution in [0.3, 0.4) is 0 Å². The number of benzene rings is 2. The highest BCUT2D eigenvalue weighted by molar-refractivity contribution is 7.80. The van der Waals surface area contributed by atoms with E-state index in [1.807, 2.05) is 37.3 Å². The first-order valence-corrected chi connectivity index (χ1v) is 9.69. The van der Waals surface area contributed by atoms with E-state index in [4.69, 9.17) is 28.6 Å². The molecule has 4 nitrogen and oxygen atoms in total. The monoisotopic (exact) mass is 418 g/mol. The Labute approximate surface area is 173 Å². The SMILES string of the molecule is CCCC1=C(C(=O)OC)[C@@H](c2c(F)cccc2Cl)NC(=S)N1c1ccccc1. The fourth-order valence-corrected chi connectivity index (χ4v) is 3.96. The molecule has 2 aromatic rings. The number of thiocarbonyl (C=S) groups is 1. The Morgan fingerprint density at radius 3 is 2.57 bits per heavy atom. The lowest BCUT2D eigenvalue weighted by Gasteiger charge is -2.39. The zero-order valence-electron chi connectivity index (χ0n) is 15.5. The molecule has 0 saturated carbocycles. The smallest absolute Gasteiger partial charge is 0.338 e. The number of nitrogens with one attached hydrogen (secondary N) is 1. The van der Waals surface area contributed by atoms with E-state index in [2.05, 4.69) is 5.32 Å². The summed E-state index contributed by atoms with van der Waals surface area (Å²) in [4.78, 5) is 14.6. The van der Waals surface area contributed by atoms with Gasteiger partial charge in [0.05, 0.1) is 18.7 Å². The number of hydrogen-bond acceptors (Lipinski definition) is 3. The molecule has 1 aliphatic heterocycles. The molecule has 0 bridgehead atoms. The Morgan fingerprint density at radius 1 is 1.25 bits per heavy atom. The number of allylic oxidation sites excluding steroid dienone is 1. The average molecular weight is 419 g/mol. The maximum atomic E-state index is 14.7. The van der Waals surface area contributed by atoms with E-state index in [0.717, 1.165) is 12.1 Å². The number of carbonyl (C=O) groups is 1. The number of carbonyl (C=O) groups excluding carboxylic acids is 1. The van der Waals surface area contributed by atoms with Gasteiger partial charge in [0.1, 0.15) is 5.82 Å². The van der Waals surface area contributed by atoms with Crippen LogP contribution in [0.1, 0.15) is 31.4 Å². The van der Waals surface area contributed by atoms with Gasteiger partial charge < -0.3 is 10.1 Å². The van der Waals surface area contributed by atoms with E-state index in [1.165, 1.54) is 19.2 Å². The number of ether oxygens (including phenoxy) is 1. The summed E-state index contributed by atoms with van der Waals surface area (Å²) in [5.41, 5.74) is 1.96. The second kappa shape index (κ2) is 8.71. The van der Waals surface area contributed by atoms with E-state index >= 15 is 0 Å². The average Bonchev–Trinajstić information content (AvgIpc) is 2.68. The van der Waals surface area contributed by atoms with Gasteiger partial charge in [0.25, 0.3) is 0 Å². The third-order valence-corrected chi connectivity index (χ3v) is 5.17. The van der Waals surface area contributed by atoms with Crippen molar-refractivity contribution in [2.75, 3.05) is 12.0 Å². The Balaban J connectivity index is 2.27. The summed E-state index contributed by atoms with van der Waals surface area (Å²) in [5, 5.41) is 3.67. The molecule has 1 atom stereocenters. The minimum Gasteiger partial charge on any atom is -0.466 e. The first-order valence-electron chi connectivity index (χ1n) is 8.90. The number of hydrogen-bond donors (Lipinski definition) is 1. The van der Waals surface area contributed by atoms with Crippen molar-refractivity contribution in [3.63, 3.8) is 0 Å². The van der Waals surface area contributed by atoms with Gasteiger partial charge in [0.2, 0.25) is 0 Å². The molecule has 28 heavy (non-hydrogen) atoms. The highest BCUT2D eigenvalue weighted by Gasteiger charge is 2.38. The van der Waals surface area contributed by atoms with Gasteiger partial charge in [-0.3, -0.25) is 4.90 Å². The third kappa shape index (κ3) is 3.75. The van der Waals surface area contributed by atoms with Gasteiger partial charge in [-0.05, 0) is 42.9 Å². The van der Waals surface area contributed by atoms with Crippen LogP contribution >= 0.6 is 23.8 Å². The summed E-state index contributed by atoms with van der Waals surface area (Å²) >= 11 is 11.9. The molecule has 0 amide bonds. The molecule has 0 radical (unpaired) electrons. The lowest BCUT2D eigenvalue weighted by atomic mass is 9.92. The van der Waals surface area contributed by atoms with Crippen molar-refractivity contribution in [1.82, 2.24) is 5.32 Å². The summed E-state index contributed by atoms with van der Waals surface area (Å²) < 4.78 is 19.7. The number of rotatable bonds is 5. The van der Waals surface area contributed by atoms with Gasteiger partial charge in [-0.15, -0.1) is 0 Å². The van der Waals surface area contributed by atoms with Crippen LogP contribution in [0.4, 0.5) is 10.1 Å². The minimum atomic E-state index is -0.838. The number of nitrogens with zero attached hydrogens (tertiary/aromatic N) is 1. The second-order valence-electron chi connectivity index (χ2n) is 6.29. The van der Waals surface area contributed by atoms with Crippen LogP contribution in [0.25, 0.3) is 0 Å². The molecule has 1 aliphatic rings. The molecule has 2 aromatic carbocycles. The molecule has 7 heteroatoms. The molecule has 0 saturated heterocycles. The van der Waals surface area contributed by atoms with Gasteiger partial charge in [-0.1, -0.05) is 49.2 Å². The topological polar surface area (TPSA) is 41.6 Å². The Morgan fingerprint density at radius 2 is 1.96 bits per heavy atom. The molecule has 1 N–H and O–H groups in total. The van der Waals surface area contributed by atoms with Gasteiger partial charge in [-0.2, -0.15) is 0 Å². The second-order valence-corrected chi connectivity index (χ2v) is 7.08. The summed E-state index contributed by atoms with van der Waals surface area (Å²) in [6.45, 7) is 2.00. The summed E-state index contributed by atoms with van der Waals surface area (Å²) in [6, 6.07) is 13.0. The Kier molecular flexibility index (Phi) is 6.31. The highest BCUT2D eigenvalue weighted by atomic mass is 35.5. The molecule has 0 spiro atoms. The zero-order chi connectivity index (χ0) is 20.3. The van der Waals surface area contributed by atoms with Crippen molar-refractivity contribution >= 4 is 40.6 Å². The van der Waals surface area contributed by atoms with Crippen molar-refractivity contribution in [3.8, 4) is 0 Å². The van der Waals surface area contributed by atoms with Crippen molar-refractivity contribution in [1.29, 1.82) is 0 Å². The molecule has 1 heterocycles. The third-order valence-electron chi connectivity index (χ3n) is 4.54. The number of methoxy groups -OCH3 is 1. The lowest BCUT2D eigenvalue weighted by molar-refractivity contribution is -0.136. The molecule has 0 fully saturated rings. The predicted octanol–water partition coefficient (Wildman–Crippen LogP) is 5.14. The first kappa shape index (κ1) is 20.3. The van der Waals surface area contributed by atoms with Crippen LogP contribution in [0.5, 0.6) is 0 Å².